The van der Waals surface area contributed by atoms with Crippen LogP contribution in [0.25, 0.3) is 0 Å². The Morgan fingerprint density at radius 1 is 1.40 bits per heavy atom. The number of carbonyl (C=O) groups is 1. The maximum atomic E-state index is 10.8. The molecule has 58 valence electrons. The van der Waals surface area contributed by atoms with Gasteiger partial charge in [-0.15, -0.1) is 0 Å². The Hall–Kier alpha value is -0.990. The van der Waals surface area contributed by atoms with Crippen LogP contribution in [0.3, 0.4) is 0 Å². The van der Waals surface area contributed by atoms with E-state index in [9.17, 15) is 4.79 Å². The van der Waals surface area contributed by atoms with E-state index >= 15 is 0 Å². The van der Waals surface area contributed by atoms with Crippen LogP contribution < -0.4 is 5.32 Å². The first-order chi connectivity index (χ1) is 4.63. The van der Waals surface area contributed by atoms with Crippen molar-refractivity contribution < 1.29 is 9.53 Å². The number of hydrogen-bond donors (Lipinski definition) is 1. The number of hydrogen-bond acceptors (Lipinski definition) is 3. The summed E-state index contributed by atoms with van der Waals surface area (Å²) in [5.41, 5.74) is 1.46. The summed E-state index contributed by atoms with van der Waals surface area (Å²) in [7, 11) is 3.14. The molecule has 0 aromatic heterocycles. The molecule has 3 heteroatoms. The zero-order valence-corrected chi connectivity index (χ0v) is 6.82. The fourth-order valence-corrected chi connectivity index (χ4v) is 0.494. The van der Waals surface area contributed by atoms with Crippen LogP contribution in [0, 0.1) is 0 Å². The van der Waals surface area contributed by atoms with Crippen LogP contribution in [0.2, 0.25) is 0 Å². The van der Waals surface area contributed by atoms with Gasteiger partial charge in [0.25, 0.3) is 0 Å². The number of carbonyl (C=O) groups excluding carboxylic acids is 1. The second-order valence-corrected chi connectivity index (χ2v) is 1.99. The lowest BCUT2D eigenvalue weighted by atomic mass is 10.2. The first-order valence-electron chi connectivity index (χ1n) is 3.07. The SMILES string of the molecule is CN/C(C)=C(/C)C(=O)OC. The van der Waals surface area contributed by atoms with Crippen molar-refractivity contribution >= 4 is 5.97 Å². The van der Waals surface area contributed by atoms with Crippen molar-refractivity contribution in [3.05, 3.63) is 11.3 Å². The molecular weight excluding hydrogens is 130 g/mol. The molecule has 0 spiro atoms. The summed E-state index contributed by atoms with van der Waals surface area (Å²) < 4.78 is 4.50. The number of nitrogens with one attached hydrogen (secondary N) is 1. The average molecular weight is 143 g/mol. The summed E-state index contributed by atoms with van der Waals surface area (Å²) in [5, 5.41) is 2.86. The van der Waals surface area contributed by atoms with E-state index < -0.39 is 0 Å². The van der Waals surface area contributed by atoms with E-state index in [1.54, 1.807) is 14.0 Å². The number of allylic oxidation sites excluding steroid dienone is 1. The molecule has 0 radical (unpaired) electrons. The van der Waals surface area contributed by atoms with Gasteiger partial charge in [0.1, 0.15) is 0 Å². The Morgan fingerprint density at radius 3 is 2.20 bits per heavy atom. The Labute approximate surface area is 61.1 Å². The zero-order chi connectivity index (χ0) is 8.15. The summed E-state index contributed by atoms with van der Waals surface area (Å²) in [6.45, 7) is 3.55. The Balaban J connectivity index is 4.30. The van der Waals surface area contributed by atoms with Crippen LogP contribution in [0.4, 0.5) is 0 Å². The van der Waals surface area contributed by atoms with Gasteiger partial charge in [-0.2, -0.15) is 0 Å². The van der Waals surface area contributed by atoms with Crippen molar-refractivity contribution in [1.29, 1.82) is 0 Å². The van der Waals surface area contributed by atoms with Crippen LogP contribution in [-0.4, -0.2) is 20.1 Å². The molecule has 1 N–H and O–H groups in total. The number of rotatable bonds is 2. The van der Waals surface area contributed by atoms with Crippen molar-refractivity contribution in [3.63, 3.8) is 0 Å². The Bertz CT molecular complexity index is 161. The Morgan fingerprint density at radius 2 is 1.90 bits per heavy atom. The molecule has 0 aliphatic heterocycles. The van der Waals surface area contributed by atoms with Crippen LogP contribution in [0.1, 0.15) is 13.8 Å². The lowest BCUT2D eigenvalue weighted by molar-refractivity contribution is -0.136. The van der Waals surface area contributed by atoms with Gasteiger partial charge in [-0.05, 0) is 13.8 Å². The fourth-order valence-electron chi connectivity index (χ4n) is 0.494. The van der Waals surface area contributed by atoms with Crippen molar-refractivity contribution in [2.75, 3.05) is 14.2 Å². The molecule has 0 rings (SSSR count). The Kier molecular flexibility index (Phi) is 3.54. The smallest absolute Gasteiger partial charge is 0.335 e. The van der Waals surface area contributed by atoms with Gasteiger partial charge in [-0.1, -0.05) is 0 Å². The second-order valence-electron chi connectivity index (χ2n) is 1.99. The molecule has 0 aromatic rings. The van der Waals surface area contributed by atoms with Gasteiger partial charge in [0.05, 0.1) is 12.7 Å². The van der Waals surface area contributed by atoms with Crippen molar-refractivity contribution in [3.8, 4) is 0 Å². The summed E-state index contributed by atoms with van der Waals surface area (Å²) in [5.74, 6) is -0.285. The molecule has 0 heterocycles. The van der Waals surface area contributed by atoms with Crippen LogP contribution in [-0.2, 0) is 9.53 Å². The van der Waals surface area contributed by atoms with Crippen molar-refractivity contribution in [2.45, 2.75) is 13.8 Å². The minimum absolute atomic E-state index is 0.285. The fraction of sp³-hybridized carbons (Fsp3) is 0.571. The topological polar surface area (TPSA) is 38.3 Å². The van der Waals surface area contributed by atoms with Gasteiger partial charge in [-0.3, -0.25) is 0 Å². The van der Waals surface area contributed by atoms with Crippen LogP contribution in [0.5, 0.6) is 0 Å². The highest BCUT2D eigenvalue weighted by atomic mass is 16.5. The maximum Gasteiger partial charge on any atom is 0.335 e. The maximum absolute atomic E-state index is 10.8. The molecule has 0 saturated carbocycles. The van der Waals surface area contributed by atoms with E-state index in [2.05, 4.69) is 10.1 Å². The molecule has 0 amide bonds. The van der Waals surface area contributed by atoms with Gasteiger partial charge < -0.3 is 10.1 Å². The van der Waals surface area contributed by atoms with E-state index in [1.165, 1.54) is 7.11 Å². The lowest BCUT2D eigenvalue weighted by Crippen LogP contribution is -2.11. The third kappa shape index (κ3) is 2.09. The zero-order valence-electron chi connectivity index (χ0n) is 6.82. The van der Waals surface area contributed by atoms with Crippen molar-refractivity contribution in [2.24, 2.45) is 0 Å². The van der Waals surface area contributed by atoms with E-state index in [1.807, 2.05) is 6.92 Å². The quantitative estimate of drug-likeness (QED) is 0.456. The molecule has 0 aliphatic rings. The van der Waals surface area contributed by atoms with Gasteiger partial charge in [-0.25, -0.2) is 4.79 Å². The highest BCUT2D eigenvalue weighted by Gasteiger charge is 2.04. The highest BCUT2D eigenvalue weighted by molar-refractivity contribution is 5.88. The van der Waals surface area contributed by atoms with Crippen molar-refractivity contribution in [1.82, 2.24) is 5.32 Å². The number of methoxy groups -OCH3 is 1. The van der Waals surface area contributed by atoms with Gasteiger partial charge in [0.2, 0.25) is 0 Å². The van der Waals surface area contributed by atoms with E-state index in [4.69, 9.17) is 0 Å². The van der Waals surface area contributed by atoms with Gasteiger partial charge in [0.15, 0.2) is 0 Å². The first kappa shape index (κ1) is 9.01. The molecule has 0 saturated heterocycles. The molecule has 0 aromatic carbocycles. The molecule has 3 nitrogen and oxygen atoms in total. The minimum atomic E-state index is -0.285. The van der Waals surface area contributed by atoms with Crippen LogP contribution >= 0.6 is 0 Å². The number of esters is 1. The van der Waals surface area contributed by atoms with E-state index in [-0.39, 0.29) is 5.97 Å². The summed E-state index contributed by atoms with van der Waals surface area (Å²) >= 11 is 0. The van der Waals surface area contributed by atoms with Crippen LogP contribution in [0.15, 0.2) is 11.3 Å². The second kappa shape index (κ2) is 3.93. The average Bonchev–Trinajstić information content (AvgIpc) is 2.00. The summed E-state index contributed by atoms with van der Waals surface area (Å²) in [4.78, 5) is 10.8. The third-order valence-corrected chi connectivity index (χ3v) is 1.43. The third-order valence-electron chi connectivity index (χ3n) is 1.43. The molecule has 0 fully saturated rings. The number of ether oxygens (including phenoxy) is 1. The standard InChI is InChI=1S/C7H13NO2/c1-5(6(2)8-3)7(9)10-4/h8H,1-4H3/b6-5-. The normalized spacial score (nSPS) is 12.0. The van der Waals surface area contributed by atoms with E-state index in [0.29, 0.717) is 5.57 Å². The highest BCUT2D eigenvalue weighted by Crippen LogP contribution is 2.00. The molecular formula is C7H13NO2. The molecule has 0 bridgehead atoms. The molecule has 10 heavy (non-hydrogen) atoms. The lowest BCUT2D eigenvalue weighted by Gasteiger charge is -2.03. The molecule has 0 unspecified atom stereocenters. The molecule has 0 atom stereocenters. The minimum Gasteiger partial charge on any atom is -0.466 e. The predicted octanol–water partition coefficient (Wildman–Crippen LogP) is 0.673. The summed E-state index contributed by atoms with van der Waals surface area (Å²) in [6, 6.07) is 0. The van der Waals surface area contributed by atoms with E-state index in [0.717, 1.165) is 5.70 Å². The van der Waals surface area contributed by atoms with Gasteiger partial charge >= 0.3 is 5.97 Å². The summed E-state index contributed by atoms with van der Waals surface area (Å²) in [6.07, 6.45) is 0. The monoisotopic (exact) mass is 143 g/mol. The van der Waals surface area contributed by atoms with Gasteiger partial charge in [0, 0.05) is 12.7 Å². The molecule has 0 aliphatic carbocycles. The first-order valence-corrected chi connectivity index (χ1v) is 3.07. The largest absolute Gasteiger partial charge is 0.466 e. The predicted molar refractivity (Wildman–Crippen MR) is 39.4 cm³/mol.